The molecule has 0 aliphatic heterocycles. The lowest BCUT2D eigenvalue weighted by molar-refractivity contribution is 0.0501. The minimum atomic E-state index is -0.725. The van der Waals surface area contributed by atoms with Crippen molar-refractivity contribution in [2.45, 2.75) is 37.8 Å². The Morgan fingerprint density at radius 2 is 2.00 bits per heavy atom. The average Bonchev–Trinajstić information content (AvgIpc) is 3.09. The fourth-order valence-electron chi connectivity index (χ4n) is 2.81. The molecule has 5 heteroatoms. The van der Waals surface area contributed by atoms with Crippen molar-refractivity contribution in [3.63, 3.8) is 0 Å². The van der Waals surface area contributed by atoms with Gasteiger partial charge >= 0.3 is 6.03 Å². The summed E-state index contributed by atoms with van der Waals surface area (Å²) in [4.78, 5) is 11.8. The number of hydrogen-bond donors (Lipinski definition) is 3. The first-order valence-corrected chi connectivity index (χ1v) is 7.36. The van der Waals surface area contributed by atoms with Crippen molar-refractivity contribution in [1.29, 1.82) is 0 Å². The Hall–Kier alpha value is -2.01. The smallest absolute Gasteiger partial charge is 0.315 e. The van der Waals surface area contributed by atoms with Crippen LogP contribution in [0.25, 0.3) is 11.0 Å². The quantitative estimate of drug-likeness (QED) is 0.809. The van der Waals surface area contributed by atoms with Crippen molar-refractivity contribution in [3.05, 3.63) is 36.1 Å². The number of fused-ring (bicyclic) bond motifs is 1. The van der Waals surface area contributed by atoms with Gasteiger partial charge in [0, 0.05) is 11.9 Å². The molecule has 3 N–H and O–H groups in total. The van der Waals surface area contributed by atoms with E-state index in [0.29, 0.717) is 18.8 Å². The van der Waals surface area contributed by atoms with E-state index in [-0.39, 0.29) is 6.03 Å². The second-order valence-corrected chi connectivity index (χ2v) is 5.72. The largest absolute Gasteiger partial charge is 0.459 e. The summed E-state index contributed by atoms with van der Waals surface area (Å²) in [5, 5.41) is 16.7. The average molecular weight is 288 g/mol. The summed E-state index contributed by atoms with van der Waals surface area (Å²) >= 11 is 0. The summed E-state index contributed by atoms with van der Waals surface area (Å²) in [7, 11) is 0. The maximum atomic E-state index is 11.8. The van der Waals surface area contributed by atoms with Gasteiger partial charge in [0.15, 0.2) is 0 Å². The summed E-state index contributed by atoms with van der Waals surface area (Å²) in [6.07, 6.45) is 3.57. The first-order valence-electron chi connectivity index (χ1n) is 7.36. The van der Waals surface area contributed by atoms with E-state index in [1.54, 1.807) is 0 Å². The van der Waals surface area contributed by atoms with Crippen molar-refractivity contribution in [3.8, 4) is 0 Å². The Bertz CT molecular complexity index is 596. The zero-order valence-corrected chi connectivity index (χ0v) is 11.9. The third kappa shape index (κ3) is 3.36. The molecular weight excluding hydrogens is 268 g/mol. The molecule has 1 saturated carbocycles. The third-order valence-corrected chi connectivity index (χ3v) is 4.01. The van der Waals surface area contributed by atoms with E-state index in [1.807, 2.05) is 30.3 Å². The normalized spacial score (nSPS) is 17.0. The summed E-state index contributed by atoms with van der Waals surface area (Å²) < 4.78 is 5.62. The van der Waals surface area contributed by atoms with Crippen molar-refractivity contribution in [2.75, 3.05) is 6.54 Å². The standard InChI is InChI=1S/C16H20N2O3/c19-15(18-11-16(20)7-3-4-8-16)17-10-13-9-12-5-1-2-6-14(12)21-13/h1-2,5-6,9,20H,3-4,7-8,10-11H2,(H2,17,18,19). The number of rotatable bonds is 4. The van der Waals surface area contributed by atoms with Crippen LogP contribution in [-0.4, -0.2) is 23.3 Å². The molecule has 1 heterocycles. The van der Waals surface area contributed by atoms with Gasteiger partial charge in [-0.2, -0.15) is 0 Å². The zero-order chi connectivity index (χ0) is 14.7. The van der Waals surface area contributed by atoms with Gasteiger partial charge in [0.1, 0.15) is 11.3 Å². The molecule has 112 valence electrons. The maximum absolute atomic E-state index is 11.8. The molecule has 21 heavy (non-hydrogen) atoms. The Balaban J connectivity index is 1.49. The summed E-state index contributed by atoms with van der Waals surface area (Å²) in [5.74, 6) is 0.714. The Morgan fingerprint density at radius 1 is 1.24 bits per heavy atom. The van der Waals surface area contributed by atoms with Crippen LogP contribution in [0.3, 0.4) is 0 Å². The number of urea groups is 1. The van der Waals surface area contributed by atoms with Crippen LogP contribution in [0.2, 0.25) is 0 Å². The van der Waals surface area contributed by atoms with Gasteiger partial charge in [-0.25, -0.2) is 4.79 Å². The van der Waals surface area contributed by atoms with Crippen molar-refractivity contribution < 1.29 is 14.3 Å². The number of hydrogen-bond acceptors (Lipinski definition) is 3. The van der Waals surface area contributed by atoms with Gasteiger partial charge in [0.05, 0.1) is 12.1 Å². The zero-order valence-electron chi connectivity index (χ0n) is 11.9. The van der Waals surface area contributed by atoms with E-state index in [2.05, 4.69) is 10.6 Å². The first kappa shape index (κ1) is 13.9. The molecule has 1 aromatic carbocycles. The lowest BCUT2D eigenvalue weighted by Gasteiger charge is -2.22. The van der Waals surface area contributed by atoms with E-state index in [0.717, 1.165) is 36.7 Å². The maximum Gasteiger partial charge on any atom is 0.315 e. The van der Waals surface area contributed by atoms with Gasteiger partial charge < -0.3 is 20.2 Å². The molecule has 0 radical (unpaired) electrons. The van der Waals surface area contributed by atoms with Crippen molar-refractivity contribution in [1.82, 2.24) is 10.6 Å². The number of benzene rings is 1. The fourth-order valence-corrected chi connectivity index (χ4v) is 2.81. The van der Waals surface area contributed by atoms with Crippen LogP contribution in [0.5, 0.6) is 0 Å². The fraction of sp³-hybridized carbons (Fsp3) is 0.438. The summed E-state index contributed by atoms with van der Waals surface area (Å²) in [5.41, 5.74) is 0.0893. The van der Waals surface area contributed by atoms with Crippen LogP contribution in [0.15, 0.2) is 34.7 Å². The number of amides is 2. The highest BCUT2D eigenvalue weighted by molar-refractivity contribution is 5.78. The molecular formula is C16H20N2O3. The van der Waals surface area contributed by atoms with Crippen LogP contribution in [0.4, 0.5) is 4.79 Å². The molecule has 1 aliphatic rings. The Kier molecular flexibility index (Phi) is 3.84. The molecule has 1 aliphatic carbocycles. The van der Waals surface area contributed by atoms with E-state index >= 15 is 0 Å². The second-order valence-electron chi connectivity index (χ2n) is 5.72. The Morgan fingerprint density at radius 3 is 2.76 bits per heavy atom. The molecule has 0 spiro atoms. The minimum Gasteiger partial charge on any atom is -0.459 e. The summed E-state index contributed by atoms with van der Waals surface area (Å²) in [6.45, 7) is 0.637. The first-order chi connectivity index (χ1) is 10.1. The van der Waals surface area contributed by atoms with Gasteiger partial charge in [-0.15, -0.1) is 0 Å². The number of furan rings is 1. The van der Waals surface area contributed by atoms with Crippen LogP contribution >= 0.6 is 0 Å². The van der Waals surface area contributed by atoms with Crippen LogP contribution in [0, 0.1) is 0 Å². The minimum absolute atomic E-state index is 0.282. The number of nitrogens with one attached hydrogen (secondary N) is 2. The molecule has 0 atom stereocenters. The SMILES string of the molecule is O=C(NCc1cc2ccccc2o1)NCC1(O)CCCC1. The lowest BCUT2D eigenvalue weighted by Crippen LogP contribution is -2.44. The summed E-state index contributed by atoms with van der Waals surface area (Å²) in [6, 6.07) is 9.37. The highest BCUT2D eigenvalue weighted by atomic mass is 16.3. The van der Waals surface area contributed by atoms with Crippen LogP contribution in [0.1, 0.15) is 31.4 Å². The van der Waals surface area contributed by atoms with Crippen molar-refractivity contribution >= 4 is 17.0 Å². The van der Waals surface area contributed by atoms with E-state index in [1.165, 1.54) is 0 Å². The lowest BCUT2D eigenvalue weighted by atomic mass is 10.0. The van der Waals surface area contributed by atoms with Gasteiger partial charge in [-0.3, -0.25) is 0 Å². The van der Waals surface area contributed by atoms with E-state index in [4.69, 9.17) is 4.42 Å². The van der Waals surface area contributed by atoms with E-state index in [9.17, 15) is 9.90 Å². The number of carbonyl (C=O) groups is 1. The third-order valence-electron chi connectivity index (χ3n) is 4.01. The molecule has 1 fully saturated rings. The highest BCUT2D eigenvalue weighted by Gasteiger charge is 2.31. The topological polar surface area (TPSA) is 74.5 Å². The molecule has 1 aromatic heterocycles. The van der Waals surface area contributed by atoms with Gasteiger partial charge in [-0.1, -0.05) is 31.0 Å². The number of carbonyl (C=O) groups excluding carboxylic acids is 1. The predicted molar refractivity (Wildman–Crippen MR) is 79.9 cm³/mol. The molecule has 3 rings (SSSR count). The van der Waals surface area contributed by atoms with E-state index < -0.39 is 5.60 Å². The number of para-hydroxylation sites is 1. The van der Waals surface area contributed by atoms with Crippen LogP contribution in [-0.2, 0) is 6.54 Å². The molecule has 5 nitrogen and oxygen atoms in total. The molecule has 0 bridgehead atoms. The second kappa shape index (κ2) is 5.77. The van der Waals surface area contributed by atoms with Crippen molar-refractivity contribution in [2.24, 2.45) is 0 Å². The predicted octanol–water partition coefficient (Wildman–Crippen LogP) is 2.54. The highest BCUT2D eigenvalue weighted by Crippen LogP contribution is 2.28. The Labute approximate surface area is 123 Å². The van der Waals surface area contributed by atoms with Gasteiger partial charge in [-0.05, 0) is 25.0 Å². The van der Waals surface area contributed by atoms with Gasteiger partial charge in [0.25, 0.3) is 0 Å². The monoisotopic (exact) mass is 288 g/mol. The molecule has 0 saturated heterocycles. The molecule has 2 aromatic rings. The van der Waals surface area contributed by atoms with Crippen LogP contribution < -0.4 is 10.6 Å². The molecule has 2 amide bonds. The van der Waals surface area contributed by atoms with Gasteiger partial charge in [0.2, 0.25) is 0 Å². The molecule has 0 unspecified atom stereocenters. The number of aliphatic hydroxyl groups is 1.